The second-order valence-corrected chi connectivity index (χ2v) is 7.06. The highest BCUT2D eigenvalue weighted by molar-refractivity contribution is 5.94. The molecule has 146 valence electrons. The van der Waals surface area contributed by atoms with E-state index in [0.717, 1.165) is 48.7 Å². The van der Waals surface area contributed by atoms with Gasteiger partial charge in [-0.3, -0.25) is 9.89 Å². The second-order valence-electron chi connectivity index (χ2n) is 7.06. The maximum Gasteiger partial charge on any atom is 0.272 e. The minimum Gasteiger partial charge on any atom is -0.357 e. The van der Waals surface area contributed by atoms with Gasteiger partial charge in [0.15, 0.2) is 5.69 Å². The van der Waals surface area contributed by atoms with Gasteiger partial charge in [0.25, 0.3) is 5.91 Å². The number of H-pyrrole nitrogens is 1. The maximum absolute atomic E-state index is 12.5. The van der Waals surface area contributed by atoms with Crippen molar-refractivity contribution in [2.75, 3.05) is 24.5 Å². The van der Waals surface area contributed by atoms with Gasteiger partial charge in [-0.05, 0) is 24.5 Å². The SMILES string of the molecule is Cl.O=C(NCc1ccc(N2CCCCCC2)nc1)c1n[nH]c2c1CNCC2. The van der Waals surface area contributed by atoms with Crippen molar-refractivity contribution in [2.45, 2.75) is 45.2 Å². The van der Waals surface area contributed by atoms with E-state index in [0.29, 0.717) is 18.8 Å². The number of nitrogens with one attached hydrogen (secondary N) is 3. The Morgan fingerprint density at radius 2 is 2.00 bits per heavy atom. The number of pyridine rings is 1. The molecule has 3 N–H and O–H groups in total. The van der Waals surface area contributed by atoms with E-state index in [1.165, 1.54) is 25.7 Å². The fraction of sp³-hybridized carbons (Fsp3) is 0.526. The van der Waals surface area contributed by atoms with Gasteiger partial charge in [-0.15, -0.1) is 12.4 Å². The lowest BCUT2D eigenvalue weighted by molar-refractivity contribution is 0.0944. The summed E-state index contributed by atoms with van der Waals surface area (Å²) < 4.78 is 0. The predicted octanol–water partition coefficient (Wildman–Crippen LogP) is 2.18. The second kappa shape index (κ2) is 9.19. The van der Waals surface area contributed by atoms with Crippen molar-refractivity contribution in [3.8, 4) is 0 Å². The maximum atomic E-state index is 12.5. The van der Waals surface area contributed by atoms with E-state index in [1.807, 2.05) is 6.20 Å². The molecule has 2 aliphatic heterocycles. The minimum atomic E-state index is -0.136. The van der Waals surface area contributed by atoms with Crippen LogP contribution in [0.5, 0.6) is 0 Å². The van der Waals surface area contributed by atoms with Gasteiger partial charge in [0.1, 0.15) is 5.82 Å². The molecule has 2 aromatic heterocycles. The van der Waals surface area contributed by atoms with Crippen LogP contribution in [0.4, 0.5) is 5.82 Å². The number of anilines is 1. The fourth-order valence-corrected chi connectivity index (χ4v) is 3.69. The molecule has 0 aliphatic carbocycles. The van der Waals surface area contributed by atoms with Gasteiger partial charge < -0.3 is 15.5 Å². The Balaban J connectivity index is 0.00000210. The Hall–Kier alpha value is -2.12. The van der Waals surface area contributed by atoms with Crippen molar-refractivity contribution in [1.29, 1.82) is 0 Å². The van der Waals surface area contributed by atoms with Crippen LogP contribution in [0.1, 0.15) is 53.0 Å². The highest BCUT2D eigenvalue weighted by atomic mass is 35.5. The van der Waals surface area contributed by atoms with Crippen molar-refractivity contribution >= 4 is 24.1 Å². The molecule has 2 aliphatic rings. The summed E-state index contributed by atoms with van der Waals surface area (Å²) in [6.07, 6.45) is 7.85. The molecule has 0 radical (unpaired) electrons. The van der Waals surface area contributed by atoms with Gasteiger partial charge in [0, 0.05) is 56.6 Å². The molecule has 4 heterocycles. The van der Waals surface area contributed by atoms with Crippen molar-refractivity contribution in [3.05, 3.63) is 40.8 Å². The molecule has 0 saturated carbocycles. The highest BCUT2D eigenvalue weighted by Gasteiger charge is 2.21. The quantitative estimate of drug-likeness (QED) is 0.745. The summed E-state index contributed by atoms with van der Waals surface area (Å²) in [6.45, 7) is 4.25. The first-order valence-corrected chi connectivity index (χ1v) is 9.56. The van der Waals surface area contributed by atoms with Gasteiger partial charge >= 0.3 is 0 Å². The summed E-state index contributed by atoms with van der Waals surface area (Å²) in [5.41, 5.74) is 3.56. The van der Waals surface area contributed by atoms with E-state index in [1.54, 1.807) is 0 Å². The smallest absolute Gasteiger partial charge is 0.272 e. The number of hydrogen-bond donors (Lipinski definition) is 3. The van der Waals surface area contributed by atoms with Crippen LogP contribution in [0.2, 0.25) is 0 Å². The van der Waals surface area contributed by atoms with E-state index in [-0.39, 0.29) is 18.3 Å². The lowest BCUT2D eigenvalue weighted by Gasteiger charge is -2.21. The summed E-state index contributed by atoms with van der Waals surface area (Å²) in [4.78, 5) is 19.4. The topological polar surface area (TPSA) is 85.9 Å². The third-order valence-electron chi connectivity index (χ3n) is 5.21. The number of aromatic amines is 1. The van der Waals surface area contributed by atoms with Crippen LogP contribution >= 0.6 is 12.4 Å². The third kappa shape index (κ3) is 4.59. The summed E-state index contributed by atoms with van der Waals surface area (Å²) >= 11 is 0. The molecule has 0 atom stereocenters. The molecule has 0 aromatic carbocycles. The first kappa shape index (κ1) is 19.6. The standard InChI is InChI=1S/C19H26N6O.ClH/c26-19(18-15-13-20-8-7-16(15)23-24-18)22-12-14-5-6-17(21-11-14)25-9-3-1-2-4-10-25;/h5-6,11,20H,1-4,7-10,12-13H2,(H,22,26)(H,23,24);1H. The lowest BCUT2D eigenvalue weighted by Crippen LogP contribution is -2.28. The van der Waals surface area contributed by atoms with Gasteiger partial charge in [-0.25, -0.2) is 4.98 Å². The Kier molecular flexibility index (Phi) is 6.68. The number of rotatable bonds is 4. The molecule has 4 rings (SSSR count). The van der Waals surface area contributed by atoms with Crippen LogP contribution in [0.15, 0.2) is 18.3 Å². The molecule has 7 nitrogen and oxygen atoms in total. The Labute approximate surface area is 165 Å². The van der Waals surface area contributed by atoms with Crippen molar-refractivity contribution in [2.24, 2.45) is 0 Å². The third-order valence-corrected chi connectivity index (χ3v) is 5.21. The number of aromatic nitrogens is 3. The first-order chi connectivity index (χ1) is 12.8. The number of carbonyl (C=O) groups is 1. The van der Waals surface area contributed by atoms with E-state index >= 15 is 0 Å². The molecule has 0 bridgehead atoms. The predicted molar refractivity (Wildman–Crippen MR) is 107 cm³/mol. The Morgan fingerprint density at radius 1 is 1.19 bits per heavy atom. The number of amides is 1. The zero-order chi connectivity index (χ0) is 17.8. The molecule has 1 fully saturated rings. The molecule has 0 spiro atoms. The van der Waals surface area contributed by atoms with Crippen LogP contribution in [-0.4, -0.2) is 40.7 Å². The number of fused-ring (bicyclic) bond motifs is 1. The van der Waals surface area contributed by atoms with Crippen LogP contribution in [0, 0.1) is 0 Å². The molecular weight excluding hydrogens is 364 g/mol. The zero-order valence-electron chi connectivity index (χ0n) is 15.5. The molecule has 0 unspecified atom stereocenters. The van der Waals surface area contributed by atoms with Crippen molar-refractivity contribution in [1.82, 2.24) is 25.8 Å². The summed E-state index contributed by atoms with van der Waals surface area (Å²) in [6, 6.07) is 4.11. The highest BCUT2D eigenvalue weighted by Crippen LogP contribution is 2.18. The summed E-state index contributed by atoms with van der Waals surface area (Å²) in [5, 5.41) is 13.4. The zero-order valence-corrected chi connectivity index (χ0v) is 16.3. The molecule has 27 heavy (non-hydrogen) atoms. The Bertz CT molecular complexity index is 752. The number of hydrogen-bond acceptors (Lipinski definition) is 5. The fourth-order valence-electron chi connectivity index (χ4n) is 3.69. The van der Waals surface area contributed by atoms with Crippen molar-refractivity contribution in [3.63, 3.8) is 0 Å². The molecule has 2 aromatic rings. The summed E-state index contributed by atoms with van der Waals surface area (Å²) in [7, 11) is 0. The van der Waals surface area contributed by atoms with Gasteiger partial charge in [0.05, 0.1) is 0 Å². The van der Waals surface area contributed by atoms with Crippen LogP contribution in [0.25, 0.3) is 0 Å². The number of nitrogens with zero attached hydrogens (tertiary/aromatic N) is 3. The number of carbonyl (C=O) groups excluding carboxylic acids is 1. The van der Waals surface area contributed by atoms with E-state index in [4.69, 9.17) is 0 Å². The average Bonchev–Trinajstić information content (AvgIpc) is 2.93. The van der Waals surface area contributed by atoms with Crippen LogP contribution in [-0.2, 0) is 19.5 Å². The van der Waals surface area contributed by atoms with E-state index in [9.17, 15) is 4.79 Å². The average molecular weight is 391 g/mol. The van der Waals surface area contributed by atoms with Crippen LogP contribution in [0.3, 0.4) is 0 Å². The first-order valence-electron chi connectivity index (χ1n) is 9.56. The van der Waals surface area contributed by atoms with Crippen LogP contribution < -0.4 is 15.5 Å². The van der Waals surface area contributed by atoms with E-state index < -0.39 is 0 Å². The van der Waals surface area contributed by atoms with E-state index in [2.05, 4.69) is 42.8 Å². The molecule has 1 amide bonds. The van der Waals surface area contributed by atoms with Gasteiger partial charge in [0.2, 0.25) is 0 Å². The molecular formula is C19H27ClN6O. The monoisotopic (exact) mass is 390 g/mol. The molecule has 8 heteroatoms. The molecule has 1 saturated heterocycles. The Morgan fingerprint density at radius 3 is 2.74 bits per heavy atom. The minimum absolute atomic E-state index is 0. The van der Waals surface area contributed by atoms with Gasteiger partial charge in [-0.1, -0.05) is 18.9 Å². The largest absolute Gasteiger partial charge is 0.357 e. The van der Waals surface area contributed by atoms with Gasteiger partial charge in [-0.2, -0.15) is 5.10 Å². The normalized spacial score (nSPS) is 16.8. The lowest BCUT2D eigenvalue weighted by atomic mass is 10.1. The summed E-state index contributed by atoms with van der Waals surface area (Å²) in [5.74, 6) is 0.900. The van der Waals surface area contributed by atoms with Crippen molar-refractivity contribution < 1.29 is 4.79 Å². The number of halogens is 1.